The number of hydrogen-bond acceptors (Lipinski definition) is 3. The molecule has 2 aromatic carbocycles. The Labute approximate surface area is 111 Å². The van der Waals surface area contributed by atoms with Gasteiger partial charge in [0.05, 0.1) is 4.90 Å². The number of halogens is 1. The van der Waals surface area contributed by atoms with Crippen molar-refractivity contribution in [2.45, 2.75) is 18.2 Å². The van der Waals surface area contributed by atoms with E-state index in [1.807, 2.05) is 18.2 Å². The summed E-state index contributed by atoms with van der Waals surface area (Å²) in [7, 11) is 1.72. The zero-order valence-corrected chi connectivity index (χ0v) is 11.6. The van der Waals surface area contributed by atoms with Crippen molar-refractivity contribution in [3.63, 3.8) is 0 Å². The van der Waals surface area contributed by atoms with Crippen molar-refractivity contribution < 1.29 is 8.42 Å². The van der Waals surface area contributed by atoms with Crippen LogP contribution in [0.25, 0.3) is 10.8 Å². The van der Waals surface area contributed by atoms with Crippen LogP contribution in [0.4, 0.5) is 5.69 Å². The lowest BCUT2D eigenvalue weighted by Gasteiger charge is -2.10. The van der Waals surface area contributed by atoms with Gasteiger partial charge in [-0.1, -0.05) is 31.2 Å². The zero-order chi connectivity index (χ0) is 13.2. The fourth-order valence-corrected chi connectivity index (χ4v) is 2.99. The van der Waals surface area contributed by atoms with E-state index in [1.54, 1.807) is 12.1 Å². The van der Waals surface area contributed by atoms with Crippen molar-refractivity contribution in [3.8, 4) is 0 Å². The van der Waals surface area contributed by atoms with Crippen molar-refractivity contribution in [1.29, 1.82) is 0 Å². The topological polar surface area (TPSA) is 46.2 Å². The highest BCUT2D eigenvalue weighted by molar-refractivity contribution is 8.14. The highest BCUT2D eigenvalue weighted by Crippen LogP contribution is 2.30. The molecular weight excluding hydrogens is 270 g/mol. The summed E-state index contributed by atoms with van der Waals surface area (Å²) in [5.41, 5.74) is 0.927. The Morgan fingerprint density at radius 1 is 1.11 bits per heavy atom. The maximum Gasteiger partial charge on any atom is 0.261 e. The highest BCUT2D eigenvalue weighted by atomic mass is 35.7. The van der Waals surface area contributed by atoms with Crippen molar-refractivity contribution in [2.24, 2.45) is 0 Å². The molecule has 0 saturated carbocycles. The first-order chi connectivity index (χ1) is 8.54. The van der Waals surface area contributed by atoms with Gasteiger partial charge in [0.25, 0.3) is 9.05 Å². The Morgan fingerprint density at radius 2 is 1.78 bits per heavy atom. The molecule has 2 aromatic rings. The van der Waals surface area contributed by atoms with E-state index in [9.17, 15) is 8.42 Å². The molecule has 5 heteroatoms. The first kappa shape index (κ1) is 13.2. The first-order valence-electron chi connectivity index (χ1n) is 5.74. The average Bonchev–Trinajstić information content (AvgIpc) is 2.34. The molecule has 2 rings (SSSR count). The van der Waals surface area contributed by atoms with E-state index < -0.39 is 9.05 Å². The van der Waals surface area contributed by atoms with E-state index in [-0.39, 0.29) is 4.90 Å². The molecule has 0 fully saturated rings. The van der Waals surface area contributed by atoms with E-state index >= 15 is 0 Å². The minimum Gasteiger partial charge on any atom is -0.385 e. The van der Waals surface area contributed by atoms with Crippen LogP contribution in [-0.2, 0) is 9.05 Å². The van der Waals surface area contributed by atoms with E-state index in [2.05, 4.69) is 12.2 Å². The molecule has 3 nitrogen and oxygen atoms in total. The van der Waals surface area contributed by atoms with Gasteiger partial charge in [0.2, 0.25) is 0 Å². The third-order valence-electron chi connectivity index (χ3n) is 2.71. The first-order valence-corrected chi connectivity index (χ1v) is 8.05. The van der Waals surface area contributed by atoms with E-state index in [0.717, 1.165) is 24.0 Å². The average molecular weight is 284 g/mol. The number of anilines is 1. The lowest BCUT2D eigenvalue weighted by atomic mass is 10.1. The second-order valence-electron chi connectivity index (χ2n) is 4.02. The molecule has 1 N–H and O–H groups in total. The molecule has 0 saturated heterocycles. The highest BCUT2D eigenvalue weighted by Gasteiger charge is 2.14. The van der Waals surface area contributed by atoms with Crippen LogP contribution in [0.2, 0.25) is 0 Å². The van der Waals surface area contributed by atoms with Gasteiger partial charge in [-0.3, -0.25) is 0 Å². The van der Waals surface area contributed by atoms with Gasteiger partial charge in [-0.15, -0.1) is 0 Å². The van der Waals surface area contributed by atoms with E-state index in [1.165, 1.54) is 6.07 Å². The van der Waals surface area contributed by atoms with Crippen LogP contribution in [0.3, 0.4) is 0 Å². The Bertz CT molecular complexity index is 668. The number of rotatable bonds is 4. The van der Waals surface area contributed by atoms with Crippen LogP contribution in [0, 0.1) is 0 Å². The molecule has 96 valence electrons. The maximum absolute atomic E-state index is 11.5. The molecule has 0 heterocycles. The summed E-state index contributed by atoms with van der Waals surface area (Å²) in [6.07, 6.45) is 1.00. The lowest BCUT2D eigenvalue weighted by molar-refractivity contribution is 0.610. The number of fused-ring (bicyclic) bond motifs is 1. The Kier molecular flexibility index (Phi) is 3.78. The molecule has 0 radical (unpaired) electrons. The molecule has 0 amide bonds. The molecule has 0 atom stereocenters. The molecule has 0 aliphatic carbocycles. The molecule has 18 heavy (non-hydrogen) atoms. The number of hydrogen-bond donors (Lipinski definition) is 1. The molecule has 0 spiro atoms. The predicted molar refractivity (Wildman–Crippen MR) is 75.8 cm³/mol. The van der Waals surface area contributed by atoms with Gasteiger partial charge < -0.3 is 5.32 Å². The summed E-state index contributed by atoms with van der Waals surface area (Å²) in [5.74, 6) is 0. The number of benzene rings is 2. The van der Waals surface area contributed by atoms with Crippen LogP contribution >= 0.6 is 10.7 Å². The predicted octanol–water partition coefficient (Wildman–Crippen LogP) is 3.59. The van der Waals surface area contributed by atoms with Crippen LogP contribution in [0.1, 0.15) is 13.3 Å². The minimum absolute atomic E-state index is 0.154. The SMILES string of the molecule is CCCNc1cccc2c(S(=O)(=O)Cl)cccc12. The van der Waals surface area contributed by atoms with Crippen molar-refractivity contribution in [2.75, 3.05) is 11.9 Å². The summed E-state index contributed by atoms with van der Waals surface area (Å²) >= 11 is 0. The summed E-state index contributed by atoms with van der Waals surface area (Å²) in [5, 5.41) is 4.79. The second kappa shape index (κ2) is 5.16. The Hall–Kier alpha value is -1.26. The normalized spacial score (nSPS) is 11.7. The Morgan fingerprint density at radius 3 is 2.44 bits per heavy atom. The summed E-state index contributed by atoms with van der Waals surface area (Å²) < 4.78 is 23.0. The van der Waals surface area contributed by atoms with Gasteiger partial charge in [-0.25, -0.2) is 8.42 Å². The maximum atomic E-state index is 11.5. The third kappa shape index (κ3) is 2.60. The summed E-state index contributed by atoms with van der Waals surface area (Å²) in [6.45, 7) is 2.92. The molecular formula is C13H14ClNO2S. The molecule has 0 aromatic heterocycles. The molecule has 0 aliphatic heterocycles. The van der Waals surface area contributed by atoms with E-state index in [0.29, 0.717) is 5.39 Å². The standard InChI is InChI=1S/C13H14ClNO2S/c1-2-9-15-12-7-3-6-11-10(12)5-4-8-13(11)18(14,16)17/h3-8,15H,2,9H2,1H3. The van der Waals surface area contributed by atoms with Gasteiger partial charge >= 0.3 is 0 Å². The van der Waals surface area contributed by atoms with Crippen molar-refractivity contribution >= 4 is 36.2 Å². The van der Waals surface area contributed by atoms with E-state index in [4.69, 9.17) is 10.7 Å². The van der Waals surface area contributed by atoms with Crippen molar-refractivity contribution in [3.05, 3.63) is 36.4 Å². The van der Waals surface area contributed by atoms with Crippen LogP contribution < -0.4 is 5.32 Å². The van der Waals surface area contributed by atoms with Crippen LogP contribution in [0.5, 0.6) is 0 Å². The van der Waals surface area contributed by atoms with Gasteiger partial charge in [0.15, 0.2) is 0 Å². The second-order valence-corrected chi connectivity index (χ2v) is 6.56. The number of nitrogens with one attached hydrogen (secondary N) is 1. The largest absolute Gasteiger partial charge is 0.385 e. The monoisotopic (exact) mass is 283 g/mol. The van der Waals surface area contributed by atoms with Gasteiger partial charge in [-0.05, 0) is 18.6 Å². The van der Waals surface area contributed by atoms with Crippen LogP contribution in [-0.4, -0.2) is 15.0 Å². The van der Waals surface area contributed by atoms with Crippen molar-refractivity contribution in [1.82, 2.24) is 0 Å². The third-order valence-corrected chi connectivity index (χ3v) is 4.09. The van der Waals surface area contributed by atoms with Gasteiger partial charge in [-0.2, -0.15) is 0 Å². The fourth-order valence-electron chi connectivity index (χ4n) is 1.91. The zero-order valence-electron chi connectivity index (χ0n) is 9.98. The van der Waals surface area contributed by atoms with Gasteiger partial charge in [0, 0.05) is 33.7 Å². The quantitative estimate of drug-likeness (QED) is 0.872. The summed E-state index contributed by atoms with van der Waals surface area (Å²) in [4.78, 5) is 0.154. The molecule has 0 unspecified atom stereocenters. The molecule has 0 bridgehead atoms. The van der Waals surface area contributed by atoms with Crippen LogP contribution in [0.15, 0.2) is 41.3 Å². The smallest absolute Gasteiger partial charge is 0.261 e. The molecule has 0 aliphatic rings. The van der Waals surface area contributed by atoms with Gasteiger partial charge in [0.1, 0.15) is 0 Å². The Balaban J connectivity index is 2.66. The minimum atomic E-state index is -3.72. The fraction of sp³-hybridized carbons (Fsp3) is 0.231. The lowest BCUT2D eigenvalue weighted by Crippen LogP contribution is -2.01. The summed E-state index contributed by atoms with van der Waals surface area (Å²) in [6, 6.07) is 10.6.